The van der Waals surface area contributed by atoms with Gasteiger partial charge in [0.2, 0.25) is 5.91 Å². The number of nitrogens with one attached hydrogen (secondary N) is 1. The van der Waals surface area contributed by atoms with Crippen molar-refractivity contribution in [3.05, 3.63) is 35.9 Å². The van der Waals surface area contributed by atoms with Gasteiger partial charge >= 0.3 is 0 Å². The summed E-state index contributed by atoms with van der Waals surface area (Å²) in [7, 11) is 0. The number of carbonyl (C=O) groups is 1. The molecule has 0 bridgehead atoms. The van der Waals surface area contributed by atoms with Crippen LogP contribution in [-0.4, -0.2) is 67.7 Å². The molecule has 1 aromatic rings. The third-order valence-electron chi connectivity index (χ3n) is 6.20. The van der Waals surface area contributed by atoms with Gasteiger partial charge in [0.15, 0.2) is 0 Å². The van der Waals surface area contributed by atoms with Crippen LogP contribution in [0.5, 0.6) is 0 Å². The molecule has 5 nitrogen and oxygen atoms in total. The Morgan fingerprint density at radius 2 is 1.90 bits per heavy atom. The van der Waals surface area contributed by atoms with Gasteiger partial charge in [0, 0.05) is 26.2 Å². The van der Waals surface area contributed by atoms with Crippen LogP contribution in [0.25, 0.3) is 0 Å². The van der Waals surface area contributed by atoms with Crippen LogP contribution in [0.2, 0.25) is 0 Å². The Morgan fingerprint density at radius 1 is 1.14 bits per heavy atom. The van der Waals surface area contributed by atoms with E-state index in [1.807, 2.05) is 6.07 Å². The Labute approximate surface area is 176 Å². The molecule has 2 fully saturated rings. The number of piperidine rings is 1. The minimum atomic E-state index is 0.00495. The number of likely N-dealkylation sites (tertiary alicyclic amines) is 1. The number of hydrogen-bond acceptors (Lipinski definition) is 4. The minimum absolute atomic E-state index is 0.00495. The van der Waals surface area contributed by atoms with Gasteiger partial charge in [-0.3, -0.25) is 9.69 Å². The summed E-state index contributed by atoms with van der Waals surface area (Å²) < 4.78 is 5.86. The van der Waals surface area contributed by atoms with E-state index in [1.165, 1.54) is 44.5 Å². The van der Waals surface area contributed by atoms with Crippen molar-refractivity contribution in [1.29, 1.82) is 0 Å². The van der Waals surface area contributed by atoms with Crippen LogP contribution in [0.1, 0.15) is 45.1 Å². The molecule has 1 aromatic carbocycles. The van der Waals surface area contributed by atoms with E-state index in [2.05, 4.69) is 53.2 Å². The molecular formula is C24H39N3O2. The van der Waals surface area contributed by atoms with E-state index in [-0.39, 0.29) is 12.0 Å². The molecule has 0 saturated carbocycles. The fourth-order valence-corrected chi connectivity index (χ4v) is 4.28. The lowest BCUT2D eigenvalue weighted by molar-refractivity contribution is -0.126. The fraction of sp³-hybridized carbons (Fsp3) is 0.708. The minimum Gasteiger partial charge on any atom is -0.375 e. The first-order chi connectivity index (χ1) is 14.1. The molecule has 2 aliphatic heterocycles. The maximum atomic E-state index is 12.4. The number of carbonyl (C=O) groups excluding carboxylic acids is 1. The Morgan fingerprint density at radius 3 is 2.62 bits per heavy atom. The van der Waals surface area contributed by atoms with Gasteiger partial charge in [-0.2, -0.15) is 0 Å². The first-order valence-corrected chi connectivity index (χ1v) is 11.5. The summed E-state index contributed by atoms with van der Waals surface area (Å²) in [5, 5.41) is 3.17. The van der Waals surface area contributed by atoms with Gasteiger partial charge in [0.1, 0.15) is 0 Å². The molecular weight excluding hydrogens is 362 g/mol. The molecule has 2 saturated heterocycles. The lowest BCUT2D eigenvalue weighted by Gasteiger charge is -2.33. The third kappa shape index (κ3) is 8.07. The molecule has 1 atom stereocenters. The van der Waals surface area contributed by atoms with Crippen molar-refractivity contribution in [3.63, 3.8) is 0 Å². The quantitative estimate of drug-likeness (QED) is 0.690. The van der Waals surface area contributed by atoms with Crippen molar-refractivity contribution in [1.82, 2.24) is 15.1 Å². The summed E-state index contributed by atoms with van der Waals surface area (Å²) in [4.78, 5) is 17.4. The topological polar surface area (TPSA) is 44.8 Å². The second-order valence-corrected chi connectivity index (χ2v) is 9.19. The molecule has 1 N–H and O–H groups in total. The van der Waals surface area contributed by atoms with Crippen LogP contribution >= 0.6 is 0 Å². The van der Waals surface area contributed by atoms with Gasteiger partial charge in [-0.05, 0) is 56.3 Å². The van der Waals surface area contributed by atoms with E-state index >= 15 is 0 Å². The third-order valence-corrected chi connectivity index (χ3v) is 6.20. The zero-order valence-corrected chi connectivity index (χ0v) is 18.3. The van der Waals surface area contributed by atoms with Gasteiger partial charge in [0.05, 0.1) is 19.1 Å². The average Bonchev–Trinajstić information content (AvgIpc) is 2.72. The summed E-state index contributed by atoms with van der Waals surface area (Å²) in [5.74, 6) is 1.53. The van der Waals surface area contributed by atoms with Gasteiger partial charge in [-0.1, -0.05) is 44.2 Å². The Balaban J connectivity index is 1.31. The molecule has 0 spiro atoms. The van der Waals surface area contributed by atoms with Gasteiger partial charge < -0.3 is 15.0 Å². The summed E-state index contributed by atoms with van der Waals surface area (Å²) in [6, 6.07) is 10.5. The lowest BCUT2D eigenvalue weighted by Crippen LogP contribution is -2.45. The van der Waals surface area contributed by atoms with Crippen molar-refractivity contribution in [3.8, 4) is 0 Å². The molecule has 1 amide bonds. The van der Waals surface area contributed by atoms with Gasteiger partial charge in [-0.25, -0.2) is 0 Å². The first-order valence-electron chi connectivity index (χ1n) is 11.5. The second-order valence-electron chi connectivity index (χ2n) is 9.19. The number of rotatable bonds is 9. The van der Waals surface area contributed by atoms with E-state index in [1.54, 1.807) is 0 Å². The fourth-order valence-electron chi connectivity index (χ4n) is 4.28. The number of benzene rings is 1. The van der Waals surface area contributed by atoms with E-state index < -0.39 is 0 Å². The molecule has 1 unspecified atom stereocenters. The maximum Gasteiger partial charge on any atom is 0.222 e. The van der Waals surface area contributed by atoms with Crippen LogP contribution in [0.4, 0.5) is 0 Å². The molecule has 2 aliphatic rings. The summed E-state index contributed by atoms with van der Waals surface area (Å²) >= 11 is 0. The zero-order chi connectivity index (χ0) is 20.5. The molecule has 162 valence electrons. The van der Waals surface area contributed by atoms with Crippen LogP contribution in [-0.2, 0) is 16.1 Å². The predicted molar refractivity (Wildman–Crippen MR) is 118 cm³/mol. The zero-order valence-electron chi connectivity index (χ0n) is 18.3. The molecule has 29 heavy (non-hydrogen) atoms. The summed E-state index contributed by atoms with van der Waals surface area (Å²) in [6.45, 7) is 12.4. The van der Waals surface area contributed by atoms with Crippen molar-refractivity contribution >= 4 is 5.91 Å². The van der Waals surface area contributed by atoms with Crippen molar-refractivity contribution in [2.75, 3.05) is 45.9 Å². The molecule has 2 heterocycles. The number of morpholine rings is 1. The summed E-state index contributed by atoms with van der Waals surface area (Å²) in [5.41, 5.74) is 1.32. The standard InChI is InChI=1S/C24H39N3O2/c1-20(2)8-11-26-12-9-21(10-13-26)17-25-24(28)16-23-19-27(14-15-29-23)18-22-6-4-3-5-7-22/h3-7,20-21,23H,8-19H2,1-2H3,(H,25,28). The van der Waals surface area contributed by atoms with Crippen molar-refractivity contribution in [2.24, 2.45) is 11.8 Å². The highest BCUT2D eigenvalue weighted by atomic mass is 16.5. The van der Waals surface area contributed by atoms with Crippen LogP contribution in [0.15, 0.2) is 30.3 Å². The normalized spacial score (nSPS) is 22.1. The van der Waals surface area contributed by atoms with Crippen LogP contribution in [0.3, 0.4) is 0 Å². The van der Waals surface area contributed by atoms with Gasteiger partial charge in [-0.15, -0.1) is 0 Å². The van der Waals surface area contributed by atoms with E-state index in [0.717, 1.165) is 32.1 Å². The van der Waals surface area contributed by atoms with Crippen LogP contribution in [0, 0.1) is 11.8 Å². The SMILES string of the molecule is CC(C)CCN1CCC(CNC(=O)CC2CN(Cc3ccccc3)CCO2)CC1. The van der Waals surface area contributed by atoms with E-state index in [0.29, 0.717) is 18.9 Å². The Kier molecular flexibility index (Phi) is 8.96. The molecule has 0 aliphatic carbocycles. The van der Waals surface area contributed by atoms with E-state index in [4.69, 9.17) is 4.74 Å². The van der Waals surface area contributed by atoms with Crippen molar-refractivity contribution < 1.29 is 9.53 Å². The van der Waals surface area contributed by atoms with E-state index in [9.17, 15) is 4.79 Å². The lowest BCUT2D eigenvalue weighted by atomic mass is 9.96. The Bertz CT molecular complexity index is 599. The second kappa shape index (κ2) is 11.7. The Hall–Kier alpha value is -1.43. The predicted octanol–water partition coefficient (Wildman–Crippen LogP) is 3.15. The number of ether oxygens (including phenoxy) is 1. The largest absolute Gasteiger partial charge is 0.375 e. The molecule has 0 radical (unpaired) electrons. The average molecular weight is 402 g/mol. The van der Waals surface area contributed by atoms with Gasteiger partial charge in [0.25, 0.3) is 0 Å². The van der Waals surface area contributed by atoms with Crippen LogP contribution < -0.4 is 5.32 Å². The molecule has 3 rings (SSSR count). The monoisotopic (exact) mass is 401 g/mol. The smallest absolute Gasteiger partial charge is 0.222 e. The number of nitrogens with zero attached hydrogens (tertiary/aromatic N) is 2. The highest BCUT2D eigenvalue weighted by molar-refractivity contribution is 5.76. The molecule has 0 aromatic heterocycles. The molecule has 5 heteroatoms. The number of amides is 1. The maximum absolute atomic E-state index is 12.4. The highest BCUT2D eigenvalue weighted by Gasteiger charge is 2.24. The summed E-state index contributed by atoms with van der Waals surface area (Å²) in [6.07, 6.45) is 4.15. The van der Waals surface area contributed by atoms with Crippen molar-refractivity contribution in [2.45, 2.75) is 52.2 Å². The number of hydrogen-bond donors (Lipinski definition) is 1. The highest BCUT2D eigenvalue weighted by Crippen LogP contribution is 2.18. The first kappa shape index (κ1) is 22.3.